The fraction of sp³-hybridized carbons (Fsp3) is 0.714. The fourth-order valence-electron chi connectivity index (χ4n) is 2.05. The molecule has 0 saturated carbocycles. The van der Waals surface area contributed by atoms with E-state index in [9.17, 15) is 9.59 Å². The van der Waals surface area contributed by atoms with E-state index < -0.39 is 5.60 Å². The Kier molecular flexibility index (Phi) is 4.93. The molecule has 18 heavy (non-hydrogen) atoms. The lowest BCUT2D eigenvalue weighted by Crippen LogP contribution is -2.43. The molecule has 0 bridgehead atoms. The van der Waals surface area contributed by atoms with E-state index in [0.29, 0.717) is 19.4 Å². The monoisotopic (exact) mass is 253 g/mol. The third kappa shape index (κ3) is 4.17. The molecule has 1 atom stereocenters. The average molecular weight is 253 g/mol. The lowest BCUT2D eigenvalue weighted by molar-refractivity contribution is -0.123. The maximum absolute atomic E-state index is 12.0. The summed E-state index contributed by atoms with van der Waals surface area (Å²) in [7, 11) is 0. The molecule has 0 aromatic rings. The fourth-order valence-corrected chi connectivity index (χ4v) is 2.05. The van der Waals surface area contributed by atoms with Crippen LogP contribution in [0.1, 0.15) is 46.5 Å². The highest BCUT2D eigenvalue weighted by Gasteiger charge is 2.35. The van der Waals surface area contributed by atoms with Gasteiger partial charge in [-0.05, 0) is 40.0 Å². The highest BCUT2D eigenvalue weighted by molar-refractivity contribution is 5.88. The van der Waals surface area contributed by atoms with E-state index in [1.807, 2.05) is 20.8 Å². The smallest absolute Gasteiger partial charge is 0.410 e. The molecular formula is C14H23NO3. The van der Waals surface area contributed by atoms with Crippen LogP contribution in [0.5, 0.6) is 0 Å². The van der Waals surface area contributed by atoms with Gasteiger partial charge in [-0.1, -0.05) is 6.08 Å². The minimum Gasteiger partial charge on any atom is -0.444 e. The zero-order chi connectivity index (χ0) is 13.8. The summed E-state index contributed by atoms with van der Waals surface area (Å²) in [5.41, 5.74) is -0.519. The van der Waals surface area contributed by atoms with Gasteiger partial charge in [-0.15, -0.1) is 6.58 Å². The standard InChI is InChI=1S/C14H23NO3/c1-5-6-9-12(16)11-8-7-10-15(11)13(17)18-14(2,3)4/h5,11H,1,6-10H2,2-4H3/t11-/m0/s1. The van der Waals surface area contributed by atoms with Crippen LogP contribution in [0.15, 0.2) is 12.7 Å². The van der Waals surface area contributed by atoms with Crippen molar-refractivity contribution in [3.63, 3.8) is 0 Å². The third-order valence-corrected chi connectivity index (χ3v) is 2.85. The molecule has 1 amide bonds. The van der Waals surface area contributed by atoms with Gasteiger partial charge in [-0.3, -0.25) is 9.69 Å². The summed E-state index contributed by atoms with van der Waals surface area (Å²) in [5.74, 6) is 0.109. The van der Waals surface area contributed by atoms with Gasteiger partial charge in [0.1, 0.15) is 5.60 Å². The summed E-state index contributed by atoms with van der Waals surface area (Å²) >= 11 is 0. The number of nitrogens with zero attached hydrogens (tertiary/aromatic N) is 1. The van der Waals surface area contributed by atoms with Gasteiger partial charge in [-0.2, -0.15) is 0 Å². The highest BCUT2D eigenvalue weighted by Crippen LogP contribution is 2.22. The third-order valence-electron chi connectivity index (χ3n) is 2.85. The van der Waals surface area contributed by atoms with E-state index in [-0.39, 0.29) is 17.9 Å². The number of ketones is 1. The topological polar surface area (TPSA) is 46.6 Å². The minimum atomic E-state index is -0.519. The number of carbonyl (C=O) groups is 2. The van der Waals surface area contributed by atoms with Crippen molar-refractivity contribution in [1.29, 1.82) is 0 Å². The van der Waals surface area contributed by atoms with Crippen LogP contribution in [-0.4, -0.2) is 35.0 Å². The molecule has 4 heteroatoms. The molecule has 1 heterocycles. The van der Waals surface area contributed by atoms with Gasteiger partial charge in [0.05, 0.1) is 6.04 Å². The number of Topliss-reactive ketones (excluding diaryl/α,β-unsaturated/α-hetero) is 1. The van der Waals surface area contributed by atoms with Crippen molar-refractivity contribution >= 4 is 11.9 Å². The predicted molar refractivity (Wildman–Crippen MR) is 70.4 cm³/mol. The maximum Gasteiger partial charge on any atom is 0.410 e. The van der Waals surface area contributed by atoms with Crippen molar-refractivity contribution in [2.75, 3.05) is 6.54 Å². The molecule has 0 aromatic carbocycles. The van der Waals surface area contributed by atoms with Gasteiger partial charge in [0.25, 0.3) is 0 Å². The molecule has 0 N–H and O–H groups in total. The number of hydrogen-bond donors (Lipinski definition) is 0. The predicted octanol–water partition coefficient (Wildman–Crippen LogP) is 2.92. The summed E-state index contributed by atoms with van der Waals surface area (Å²) < 4.78 is 5.32. The molecule has 4 nitrogen and oxygen atoms in total. The molecule has 0 radical (unpaired) electrons. The lowest BCUT2D eigenvalue weighted by Gasteiger charge is -2.27. The van der Waals surface area contributed by atoms with E-state index >= 15 is 0 Å². The van der Waals surface area contributed by atoms with E-state index in [1.54, 1.807) is 11.0 Å². The maximum atomic E-state index is 12.0. The lowest BCUT2D eigenvalue weighted by atomic mass is 10.1. The average Bonchev–Trinajstić information content (AvgIpc) is 2.72. The van der Waals surface area contributed by atoms with Crippen LogP contribution in [0.4, 0.5) is 4.79 Å². The minimum absolute atomic E-state index is 0.109. The van der Waals surface area contributed by atoms with Crippen LogP contribution in [0.3, 0.4) is 0 Å². The largest absolute Gasteiger partial charge is 0.444 e. The van der Waals surface area contributed by atoms with Gasteiger partial charge in [0.2, 0.25) is 0 Å². The Labute approximate surface area is 109 Å². The first-order chi connectivity index (χ1) is 8.35. The van der Waals surface area contributed by atoms with Crippen molar-refractivity contribution in [2.45, 2.75) is 58.1 Å². The van der Waals surface area contributed by atoms with Crippen molar-refractivity contribution in [3.05, 3.63) is 12.7 Å². The molecule has 1 rings (SSSR count). The zero-order valence-corrected chi connectivity index (χ0v) is 11.6. The molecule has 0 spiro atoms. The summed E-state index contributed by atoms with van der Waals surface area (Å²) in [5, 5.41) is 0. The Hall–Kier alpha value is -1.32. The van der Waals surface area contributed by atoms with Crippen LogP contribution in [-0.2, 0) is 9.53 Å². The molecule has 0 aliphatic carbocycles. The van der Waals surface area contributed by atoms with E-state index in [0.717, 1.165) is 12.8 Å². The first kappa shape index (κ1) is 14.7. The van der Waals surface area contributed by atoms with Crippen molar-refractivity contribution in [3.8, 4) is 0 Å². The first-order valence-electron chi connectivity index (χ1n) is 6.48. The van der Waals surface area contributed by atoms with Crippen LogP contribution >= 0.6 is 0 Å². The highest BCUT2D eigenvalue weighted by atomic mass is 16.6. The second kappa shape index (κ2) is 6.03. The summed E-state index contributed by atoms with van der Waals surface area (Å²) in [6, 6.07) is -0.306. The molecular weight excluding hydrogens is 230 g/mol. The van der Waals surface area contributed by atoms with Gasteiger partial charge in [0.15, 0.2) is 5.78 Å². The van der Waals surface area contributed by atoms with Crippen LogP contribution in [0.2, 0.25) is 0 Å². The molecule has 1 aliphatic rings. The van der Waals surface area contributed by atoms with E-state index in [1.165, 1.54) is 0 Å². The van der Waals surface area contributed by atoms with Gasteiger partial charge in [0, 0.05) is 13.0 Å². The number of ether oxygens (including phenoxy) is 1. The Bertz CT molecular complexity index is 330. The van der Waals surface area contributed by atoms with Crippen LogP contribution in [0.25, 0.3) is 0 Å². The molecule has 0 aromatic heterocycles. The molecule has 1 fully saturated rings. The first-order valence-corrected chi connectivity index (χ1v) is 6.48. The Morgan fingerprint density at radius 3 is 2.67 bits per heavy atom. The number of carbonyl (C=O) groups excluding carboxylic acids is 2. The van der Waals surface area contributed by atoms with E-state index in [2.05, 4.69) is 6.58 Å². The van der Waals surface area contributed by atoms with Gasteiger partial charge < -0.3 is 4.74 Å². The molecule has 1 saturated heterocycles. The molecule has 0 unspecified atom stereocenters. The molecule has 1 aliphatic heterocycles. The van der Waals surface area contributed by atoms with Gasteiger partial charge >= 0.3 is 6.09 Å². The number of hydrogen-bond acceptors (Lipinski definition) is 3. The van der Waals surface area contributed by atoms with Crippen molar-refractivity contribution in [2.24, 2.45) is 0 Å². The summed E-state index contributed by atoms with van der Waals surface area (Å²) in [4.78, 5) is 25.5. The number of amides is 1. The van der Waals surface area contributed by atoms with Crippen LogP contribution in [0, 0.1) is 0 Å². The number of rotatable bonds is 4. The quantitative estimate of drug-likeness (QED) is 0.724. The van der Waals surface area contributed by atoms with Crippen LogP contribution < -0.4 is 0 Å². The second-order valence-corrected chi connectivity index (χ2v) is 5.63. The normalized spacial score (nSPS) is 19.7. The Balaban J connectivity index is 2.61. The number of likely N-dealkylation sites (tertiary alicyclic amines) is 1. The van der Waals surface area contributed by atoms with Crippen molar-refractivity contribution < 1.29 is 14.3 Å². The van der Waals surface area contributed by atoms with Crippen molar-refractivity contribution in [1.82, 2.24) is 4.90 Å². The van der Waals surface area contributed by atoms with Gasteiger partial charge in [-0.25, -0.2) is 4.79 Å². The zero-order valence-electron chi connectivity index (χ0n) is 11.6. The number of allylic oxidation sites excluding steroid dienone is 1. The SMILES string of the molecule is C=CCCC(=O)[C@@H]1CCCN1C(=O)OC(C)(C)C. The Morgan fingerprint density at radius 2 is 2.11 bits per heavy atom. The molecule has 102 valence electrons. The summed E-state index contributed by atoms with van der Waals surface area (Å²) in [6.45, 7) is 9.70. The summed E-state index contributed by atoms with van der Waals surface area (Å²) in [6.07, 6.45) is 4.08. The second-order valence-electron chi connectivity index (χ2n) is 5.63. The Morgan fingerprint density at radius 1 is 1.44 bits per heavy atom. The van der Waals surface area contributed by atoms with E-state index in [4.69, 9.17) is 4.74 Å².